The van der Waals surface area contributed by atoms with E-state index < -0.39 is 5.97 Å². The number of nitriles is 1. The Balaban J connectivity index is 3.39. The maximum atomic E-state index is 11.1. The SMILES string of the molecule is CSc1cccc(N(CC(=O)O)C(C)(C)C)c1C#N. The minimum Gasteiger partial charge on any atom is -0.480 e. The van der Waals surface area contributed by atoms with Crippen LogP contribution in [0.5, 0.6) is 0 Å². The predicted molar refractivity (Wildman–Crippen MR) is 77.7 cm³/mol. The summed E-state index contributed by atoms with van der Waals surface area (Å²) < 4.78 is 0. The first-order valence-corrected chi connectivity index (χ1v) is 7.10. The third-order valence-corrected chi connectivity index (χ3v) is 3.51. The summed E-state index contributed by atoms with van der Waals surface area (Å²) >= 11 is 1.48. The summed E-state index contributed by atoms with van der Waals surface area (Å²) in [5.74, 6) is -0.909. The Labute approximate surface area is 118 Å². The molecule has 0 aromatic heterocycles. The molecule has 1 aromatic rings. The number of hydrogen-bond acceptors (Lipinski definition) is 4. The first-order valence-electron chi connectivity index (χ1n) is 5.87. The highest BCUT2D eigenvalue weighted by Gasteiger charge is 2.26. The van der Waals surface area contributed by atoms with E-state index in [2.05, 4.69) is 6.07 Å². The topological polar surface area (TPSA) is 64.3 Å². The average Bonchev–Trinajstić information content (AvgIpc) is 2.33. The Hall–Kier alpha value is -1.67. The normalized spacial score (nSPS) is 10.9. The molecule has 0 radical (unpaired) electrons. The van der Waals surface area contributed by atoms with Crippen molar-refractivity contribution in [3.63, 3.8) is 0 Å². The van der Waals surface area contributed by atoms with Crippen LogP contribution in [0, 0.1) is 11.3 Å². The molecule has 1 N–H and O–H groups in total. The summed E-state index contributed by atoms with van der Waals surface area (Å²) in [6.07, 6.45) is 1.90. The Morgan fingerprint density at radius 1 is 1.47 bits per heavy atom. The maximum absolute atomic E-state index is 11.1. The number of hydrogen-bond donors (Lipinski definition) is 1. The molecule has 0 fully saturated rings. The van der Waals surface area contributed by atoms with E-state index in [-0.39, 0.29) is 12.1 Å². The monoisotopic (exact) mass is 278 g/mol. The number of carbonyl (C=O) groups is 1. The molecule has 0 saturated carbocycles. The number of thioether (sulfide) groups is 1. The van der Waals surface area contributed by atoms with Gasteiger partial charge in [-0.2, -0.15) is 5.26 Å². The second kappa shape index (κ2) is 5.98. The molecule has 19 heavy (non-hydrogen) atoms. The standard InChI is InChI=1S/C14H18N2O2S/c1-14(2,3)16(9-13(17)18)11-6-5-7-12(19-4)10(11)8-15/h5-7H,9H2,1-4H3,(H,17,18). The first-order chi connectivity index (χ1) is 8.81. The van der Waals surface area contributed by atoms with Crippen LogP contribution >= 0.6 is 11.8 Å². The maximum Gasteiger partial charge on any atom is 0.323 e. The highest BCUT2D eigenvalue weighted by molar-refractivity contribution is 7.98. The molecule has 0 aliphatic rings. The smallest absolute Gasteiger partial charge is 0.323 e. The summed E-state index contributed by atoms with van der Waals surface area (Å²) in [6, 6.07) is 7.70. The summed E-state index contributed by atoms with van der Waals surface area (Å²) in [6.45, 7) is 5.67. The highest BCUT2D eigenvalue weighted by Crippen LogP contribution is 2.32. The molecule has 102 valence electrons. The van der Waals surface area contributed by atoms with Crippen molar-refractivity contribution in [1.82, 2.24) is 0 Å². The molecule has 0 bridgehead atoms. The van der Waals surface area contributed by atoms with Crippen LogP contribution < -0.4 is 4.90 Å². The minimum absolute atomic E-state index is 0.129. The highest BCUT2D eigenvalue weighted by atomic mass is 32.2. The van der Waals surface area contributed by atoms with Gasteiger partial charge in [-0.15, -0.1) is 11.8 Å². The van der Waals surface area contributed by atoms with Crippen LogP contribution in [0.25, 0.3) is 0 Å². The number of rotatable bonds is 4. The zero-order chi connectivity index (χ0) is 14.6. The number of carboxylic acids is 1. The van der Waals surface area contributed by atoms with Crippen molar-refractivity contribution < 1.29 is 9.90 Å². The molecule has 0 heterocycles. The molecule has 1 rings (SSSR count). The number of carboxylic acid groups (broad SMARTS) is 1. The van der Waals surface area contributed by atoms with E-state index in [4.69, 9.17) is 5.11 Å². The van der Waals surface area contributed by atoms with Gasteiger partial charge in [0.2, 0.25) is 0 Å². The third kappa shape index (κ3) is 3.65. The van der Waals surface area contributed by atoms with E-state index in [1.54, 1.807) is 11.0 Å². The molecular weight excluding hydrogens is 260 g/mol. The van der Waals surface area contributed by atoms with Gasteiger partial charge in [-0.05, 0) is 39.2 Å². The zero-order valence-electron chi connectivity index (χ0n) is 11.6. The van der Waals surface area contributed by atoms with E-state index in [1.807, 2.05) is 39.2 Å². The number of aliphatic carboxylic acids is 1. The van der Waals surface area contributed by atoms with Crippen LogP contribution in [0.1, 0.15) is 26.3 Å². The molecule has 0 aliphatic heterocycles. The Kier molecular flexibility index (Phi) is 4.84. The number of anilines is 1. The average molecular weight is 278 g/mol. The van der Waals surface area contributed by atoms with Crippen molar-refractivity contribution >= 4 is 23.4 Å². The minimum atomic E-state index is -0.909. The van der Waals surface area contributed by atoms with Gasteiger partial charge in [0, 0.05) is 10.4 Å². The van der Waals surface area contributed by atoms with Crippen LogP contribution in [0.2, 0.25) is 0 Å². The molecule has 0 atom stereocenters. The Morgan fingerprint density at radius 3 is 2.53 bits per heavy atom. The van der Waals surface area contributed by atoms with Crippen molar-refractivity contribution in [2.75, 3.05) is 17.7 Å². The van der Waals surface area contributed by atoms with Crippen LogP contribution in [-0.2, 0) is 4.79 Å². The van der Waals surface area contributed by atoms with E-state index in [9.17, 15) is 10.1 Å². The summed E-state index contributed by atoms with van der Waals surface area (Å²) in [4.78, 5) is 13.7. The number of nitrogens with zero attached hydrogens (tertiary/aromatic N) is 2. The van der Waals surface area contributed by atoms with E-state index >= 15 is 0 Å². The summed E-state index contributed by atoms with van der Waals surface area (Å²) in [5.41, 5.74) is 0.830. The van der Waals surface area contributed by atoms with Crippen LogP contribution in [0.3, 0.4) is 0 Å². The lowest BCUT2D eigenvalue weighted by Crippen LogP contribution is -2.45. The van der Waals surface area contributed by atoms with Crippen molar-refractivity contribution in [3.05, 3.63) is 23.8 Å². The second-order valence-corrected chi connectivity index (χ2v) is 5.96. The first kappa shape index (κ1) is 15.4. The number of benzene rings is 1. The van der Waals surface area contributed by atoms with Crippen LogP contribution in [0.15, 0.2) is 23.1 Å². The summed E-state index contributed by atoms with van der Waals surface area (Å²) in [5, 5.41) is 18.4. The van der Waals surface area contributed by atoms with Gasteiger partial charge in [-0.1, -0.05) is 6.07 Å². The molecule has 0 saturated heterocycles. The van der Waals surface area contributed by atoms with E-state index in [0.29, 0.717) is 11.3 Å². The molecular formula is C14H18N2O2S. The molecule has 4 nitrogen and oxygen atoms in total. The Bertz CT molecular complexity index is 515. The fraction of sp³-hybridized carbons (Fsp3) is 0.429. The lowest BCUT2D eigenvalue weighted by atomic mass is 10.0. The van der Waals surface area contributed by atoms with Gasteiger partial charge in [-0.25, -0.2) is 0 Å². The molecule has 0 spiro atoms. The van der Waals surface area contributed by atoms with Crippen molar-refractivity contribution in [2.45, 2.75) is 31.2 Å². The lowest BCUT2D eigenvalue weighted by Gasteiger charge is -2.37. The van der Waals surface area contributed by atoms with Gasteiger partial charge in [0.25, 0.3) is 0 Å². The predicted octanol–water partition coefficient (Wildman–Crippen LogP) is 2.97. The lowest BCUT2D eigenvalue weighted by molar-refractivity contribution is -0.135. The fourth-order valence-electron chi connectivity index (χ4n) is 1.85. The molecule has 1 aromatic carbocycles. The molecule has 0 unspecified atom stereocenters. The van der Waals surface area contributed by atoms with Gasteiger partial charge in [0.1, 0.15) is 12.6 Å². The van der Waals surface area contributed by atoms with Gasteiger partial charge >= 0.3 is 5.97 Å². The fourth-order valence-corrected chi connectivity index (χ4v) is 2.41. The largest absolute Gasteiger partial charge is 0.480 e. The quantitative estimate of drug-likeness (QED) is 0.858. The van der Waals surface area contributed by atoms with Crippen molar-refractivity contribution in [2.24, 2.45) is 0 Å². The van der Waals surface area contributed by atoms with Crippen LogP contribution in [0.4, 0.5) is 5.69 Å². The van der Waals surface area contributed by atoms with Crippen molar-refractivity contribution in [1.29, 1.82) is 5.26 Å². The summed E-state index contributed by atoms with van der Waals surface area (Å²) in [7, 11) is 0. The molecule has 0 aliphatic carbocycles. The third-order valence-electron chi connectivity index (χ3n) is 2.73. The van der Waals surface area contributed by atoms with Gasteiger partial charge in [-0.3, -0.25) is 4.79 Å². The van der Waals surface area contributed by atoms with Crippen LogP contribution in [-0.4, -0.2) is 29.4 Å². The van der Waals surface area contributed by atoms with E-state index in [0.717, 1.165) is 4.90 Å². The van der Waals surface area contributed by atoms with Crippen molar-refractivity contribution in [3.8, 4) is 6.07 Å². The second-order valence-electron chi connectivity index (χ2n) is 5.12. The molecule has 0 amide bonds. The zero-order valence-corrected chi connectivity index (χ0v) is 12.4. The molecule has 5 heteroatoms. The van der Waals surface area contributed by atoms with E-state index in [1.165, 1.54) is 11.8 Å². The van der Waals surface area contributed by atoms with Gasteiger partial charge in [0.15, 0.2) is 0 Å². The Morgan fingerprint density at radius 2 is 2.11 bits per heavy atom. The van der Waals surface area contributed by atoms with Gasteiger partial charge in [0.05, 0.1) is 11.3 Å². The van der Waals surface area contributed by atoms with Gasteiger partial charge < -0.3 is 10.0 Å².